The van der Waals surface area contributed by atoms with Crippen LogP contribution in [0.15, 0.2) is 36.7 Å². The second kappa shape index (κ2) is 10.6. The summed E-state index contributed by atoms with van der Waals surface area (Å²) < 4.78 is 10.7. The molecule has 0 saturated carbocycles. The molecule has 0 radical (unpaired) electrons. The van der Waals surface area contributed by atoms with Gasteiger partial charge in [-0.05, 0) is 30.5 Å². The molecule has 9 heteroatoms. The van der Waals surface area contributed by atoms with Crippen LogP contribution in [0.1, 0.15) is 25.3 Å². The van der Waals surface area contributed by atoms with Gasteiger partial charge in [0.05, 0.1) is 14.2 Å². The van der Waals surface area contributed by atoms with Crippen molar-refractivity contribution in [3.63, 3.8) is 0 Å². The molecule has 2 aromatic rings. The van der Waals surface area contributed by atoms with Crippen LogP contribution in [0.2, 0.25) is 0 Å². The Morgan fingerprint density at radius 1 is 1.16 bits per heavy atom. The minimum absolute atomic E-state index is 0.0292. The van der Waals surface area contributed by atoms with E-state index in [2.05, 4.69) is 25.5 Å². The van der Waals surface area contributed by atoms with Gasteiger partial charge in [-0.3, -0.25) is 9.59 Å². The summed E-state index contributed by atoms with van der Waals surface area (Å²) in [7, 11) is 3.15. The summed E-state index contributed by atoms with van der Waals surface area (Å²) in [5.41, 5.74) is 0.813. The van der Waals surface area contributed by atoms with Gasteiger partial charge in [0, 0.05) is 50.9 Å². The second-order valence-corrected chi connectivity index (χ2v) is 7.45. The molecular weight excluding hydrogens is 398 g/mol. The molecule has 1 aromatic carbocycles. The molecule has 0 spiro atoms. The third kappa shape index (κ3) is 6.07. The Kier molecular flexibility index (Phi) is 7.64. The Morgan fingerprint density at radius 2 is 1.87 bits per heavy atom. The molecule has 1 aliphatic rings. The number of hydrogen-bond acceptors (Lipinski definition) is 7. The monoisotopic (exact) mass is 427 g/mol. The quantitative estimate of drug-likeness (QED) is 0.655. The molecule has 1 aliphatic heterocycles. The van der Waals surface area contributed by atoms with Crippen molar-refractivity contribution in [3.05, 3.63) is 42.2 Å². The van der Waals surface area contributed by atoms with Gasteiger partial charge in [-0.1, -0.05) is 6.07 Å². The number of amides is 2. The van der Waals surface area contributed by atoms with Gasteiger partial charge in [-0.15, -0.1) is 0 Å². The summed E-state index contributed by atoms with van der Waals surface area (Å²) in [6.07, 6.45) is 5.32. The normalized spacial score (nSPS) is 15.1. The van der Waals surface area contributed by atoms with Crippen LogP contribution in [0.25, 0.3) is 0 Å². The molecule has 166 valence electrons. The topological polar surface area (TPSA) is 106 Å². The van der Waals surface area contributed by atoms with Crippen molar-refractivity contribution in [2.45, 2.75) is 38.3 Å². The van der Waals surface area contributed by atoms with Crippen LogP contribution >= 0.6 is 0 Å². The van der Waals surface area contributed by atoms with E-state index in [9.17, 15) is 9.59 Å². The van der Waals surface area contributed by atoms with Crippen molar-refractivity contribution in [3.8, 4) is 11.5 Å². The maximum absolute atomic E-state index is 13.0. The Labute approximate surface area is 182 Å². The van der Waals surface area contributed by atoms with E-state index in [1.165, 1.54) is 6.92 Å². The number of carbonyl (C=O) groups is 2. The maximum Gasteiger partial charge on any atom is 0.243 e. The zero-order chi connectivity index (χ0) is 22.2. The van der Waals surface area contributed by atoms with Crippen LogP contribution in [-0.2, 0) is 16.0 Å². The molecular formula is C22H29N5O4. The summed E-state index contributed by atoms with van der Waals surface area (Å²) in [5, 5.41) is 5.85. The third-order valence-electron chi connectivity index (χ3n) is 5.29. The van der Waals surface area contributed by atoms with E-state index >= 15 is 0 Å². The molecule has 31 heavy (non-hydrogen) atoms. The first-order valence-corrected chi connectivity index (χ1v) is 10.3. The van der Waals surface area contributed by atoms with Crippen molar-refractivity contribution in [1.29, 1.82) is 0 Å². The van der Waals surface area contributed by atoms with Crippen molar-refractivity contribution < 1.29 is 19.1 Å². The molecule has 0 bridgehead atoms. The Hall–Kier alpha value is -3.36. The largest absolute Gasteiger partial charge is 0.497 e. The molecule has 1 aromatic heterocycles. The van der Waals surface area contributed by atoms with E-state index in [0.29, 0.717) is 23.9 Å². The Balaban J connectivity index is 1.62. The van der Waals surface area contributed by atoms with Crippen LogP contribution in [0.4, 0.5) is 5.95 Å². The molecule has 2 heterocycles. The highest BCUT2D eigenvalue weighted by Gasteiger charge is 2.27. The van der Waals surface area contributed by atoms with E-state index in [1.807, 2.05) is 12.1 Å². The predicted octanol–water partition coefficient (Wildman–Crippen LogP) is 1.33. The van der Waals surface area contributed by atoms with Crippen LogP contribution in [0, 0.1) is 0 Å². The highest BCUT2D eigenvalue weighted by atomic mass is 16.5. The smallest absolute Gasteiger partial charge is 0.243 e. The number of methoxy groups -OCH3 is 2. The van der Waals surface area contributed by atoms with E-state index in [4.69, 9.17) is 9.47 Å². The molecule has 2 amide bonds. The average molecular weight is 428 g/mol. The van der Waals surface area contributed by atoms with Crippen molar-refractivity contribution in [1.82, 2.24) is 20.6 Å². The first-order chi connectivity index (χ1) is 15.0. The fourth-order valence-corrected chi connectivity index (χ4v) is 3.68. The molecule has 1 saturated heterocycles. The van der Waals surface area contributed by atoms with Crippen LogP contribution in [0.3, 0.4) is 0 Å². The van der Waals surface area contributed by atoms with Gasteiger partial charge in [-0.2, -0.15) is 0 Å². The number of aromatic nitrogens is 2. The first-order valence-electron chi connectivity index (χ1n) is 10.3. The molecule has 1 unspecified atom stereocenters. The number of ether oxygens (including phenoxy) is 2. The Bertz CT molecular complexity index is 885. The van der Waals surface area contributed by atoms with Gasteiger partial charge >= 0.3 is 0 Å². The van der Waals surface area contributed by atoms with Crippen LogP contribution < -0.4 is 25.0 Å². The highest BCUT2D eigenvalue weighted by molar-refractivity contribution is 5.87. The summed E-state index contributed by atoms with van der Waals surface area (Å²) >= 11 is 0. The molecule has 0 aliphatic carbocycles. The van der Waals surface area contributed by atoms with Crippen molar-refractivity contribution in [2.24, 2.45) is 0 Å². The number of nitrogens with one attached hydrogen (secondary N) is 2. The molecule has 2 N–H and O–H groups in total. The lowest BCUT2D eigenvalue weighted by atomic mass is 10.0. The van der Waals surface area contributed by atoms with Gasteiger partial charge < -0.3 is 25.0 Å². The Morgan fingerprint density at radius 3 is 2.48 bits per heavy atom. The third-order valence-corrected chi connectivity index (χ3v) is 5.29. The van der Waals surface area contributed by atoms with Gasteiger partial charge in [0.2, 0.25) is 17.8 Å². The lowest BCUT2D eigenvalue weighted by Gasteiger charge is -2.33. The molecule has 9 nitrogen and oxygen atoms in total. The number of hydrogen-bond donors (Lipinski definition) is 2. The van der Waals surface area contributed by atoms with Gasteiger partial charge in [0.15, 0.2) is 0 Å². The minimum Gasteiger partial charge on any atom is -0.497 e. The van der Waals surface area contributed by atoms with Gasteiger partial charge in [0.25, 0.3) is 0 Å². The van der Waals surface area contributed by atoms with E-state index < -0.39 is 6.04 Å². The van der Waals surface area contributed by atoms with Crippen LogP contribution in [-0.4, -0.2) is 61.2 Å². The number of carbonyl (C=O) groups excluding carboxylic acids is 2. The SMILES string of the molecule is COc1ccc(CC(NC(C)=O)C(=O)NC2CCN(c3ncccn3)CC2)c(OC)c1. The first kappa shape index (κ1) is 22.3. The van der Waals surface area contributed by atoms with Gasteiger partial charge in [-0.25, -0.2) is 9.97 Å². The summed E-state index contributed by atoms with van der Waals surface area (Å²) in [5.74, 6) is 1.51. The number of nitrogens with zero attached hydrogens (tertiary/aromatic N) is 3. The fraction of sp³-hybridized carbons (Fsp3) is 0.455. The zero-order valence-electron chi connectivity index (χ0n) is 18.1. The summed E-state index contributed by atoms with van der Waals surface area (Å²) in [6, 6.07) is 6.53. The number of rotatable bonds is 8. The van der Waals surface area contributed by atoms with E-state index in [0.717, 1.165) is 31.5 Å². The van der Waals surface area contributed by atoms with E-state index in [1.54, 1.807) is 38.7 Å². The standard InChI is InChI=1S/C22H29N5O4/c1-15(28)25-19(13-16-5-6-18(30-2)14-20(16)31-3)21(29)26-17-7-11-27(12-8-17)22-23-9-4-10-24-22/h4-6,9-10,14,17,19H,7-8,11-13H2,1-3H3,(H,25,28)(H,26,29). The fourth-order valence-electron chi connectivity index (χ4n) is 3.68. The minimum atomic E-state index is -0.699. The maximum atomic E-state index is 13.0. The predicted molar refractivity (Wildman–Crippen MR) is 116 cm³/mol. The molecule has 1 atom stereocenters. The average Bonchev–Trinajstić information content (AvgIpc) is 2.79. The lowest BCUT2D eigenvalue weighted by Crippen LogP contribution is -2.52. The molecule has 3 rings (SSSR count). The number of piperidine rings is 1. The van der Waals surface area contributed by atoms with E-state index in [-0.39, 0.29) is 17.9 Å². The highest BCUT2D eigenvalue weighted by Crippen LogP contribution is 2.26. The van der Waals surface area contributed by atoms with Crippen LogP contribution in [0.5, 0.6) is 11.5 Å². The lowest BCUT2D eigenvalue weighted by molar-refractivity contribution is -0.128. The number of benzene rings is 1. The van der Waals surface area contributed by atoms with Crippen molar-refractivity contribution in [2.75, 3.05) is 32.2 Å². The van der Waals surface area contributed by atoms with Gasteiger partial charge in [0.1, 0.15) is 17.5 Å². The summed E-state index contributed by atoms with van der Waals surface area (Å²) in [4.78, 5) is 35.4. The summed E-state index contributed by atoms with van der Waals surface area (Å²) in [6.45, 7) is 2.92. The number of anilines is 1. The molecule has 1 fully saturated rings. The van der Waals surface area contributed by atoms with Crippen molar-refractivity contribution >= 4 is 17.8 Å². The second-order valence-electron chi connectivity index (χ2n) is 7.45. The zero-order valence-corrected chi connectivity index (χ0v) is 18.1.